The van der Waals surface area contributed by atoms with Gasteiger partial charge in [-0.1, -0.05) is 6.58 Å². The van der Waals surface area contributed by atoms with Gasteiger partial charge in [0, 0.05) is 18.5 Å². The number of aromatic nitrogens is 2. The summed E-state index contributed by atoms with van der Waals surface area (Å²) in [5.41, 5.74) is 0. The molecule has 1 aromatic rings. The molecule has 58 valence electrons. The molecule has 0 N–H and O–H groups in total. The molecule has 0 fully saturated rings. The van der Waals surface area contributed by atoms with E-state index in [0.29, 0.717) is 0 Å². The van der Waals surface area contributed by atoms with Crippen LogP contribution in [0, 0.1) is 0 Å². The number of nitrogens with zero attached hydrogens (tertiary/aromatic N) is 2. The second kappa shape index (κ2) is 3.55. The first-order valence-corrected chi connectivity index (χ1v) is 3.08. The van der Waals surface area contributed by atoms with Crippen molar-refractivity contribution in [3.05, 3.63) is 31.4 Å². The molecule has 0 saturated heterocycles. The minimum absolute atomic E-state index is 0.185. The first-order chi connectivity index (χ1) is 5.33. The van der Waals surface area contributed by atoms with Gasteiger partial charge in [0.25, 0.3) is 0 Å². The number of esters is 1. The molecule has 1 heterocycles. The minimum atomic E-state index is -0.432. The molecule has 1 aromatic heterocycles. The molecular formula is C7H8N2O2. The second-order valence-electron chi connectivity index (χ2n) is 1.87. The lowest BCUT2D eigenvalue weighted by atomic mass is 10.7. The van der Waals surface area contributed by atoms with E-state index >= 15 is 0 Å². The highest BCUT2D eigenvalue weighted by Crippen LogP contribution is 1.87. The summed E-state index contributed by atoms with van der Waals surface area (Å²) in [4.78, 5) is 14.3. The van der Waals surface area contributed by atoms with E-state index in [1.54, 1.807) is 23.3 Å². The molecular weight excluding hydrogens is 144 g/mol. The van der Waals surface area contributed by atoms with Gasteiger partial charge >= 0.3 is 5.97 Å². The van der Waals surface area contributed by atoms with Crippen molar-refractivity contribution in [1.82, 2.24) is 9.55 Å². The van der Waals surface area contributed by atoms with E-state index in [1.165, 1.54) is 0 Å². The Morgan fingerprint density at radius 2 is 2.64 bits per heavy atom. The van der Waals surface area contributed by atoms with E-state index in [2.05, 4.69) is 11.6 Å². The second-order valence-corrected chi connectivity index (χ2v) is 1.87. The van der Waals surface area contributed by atoms with E-state index < -0.39 is 5.97 Å². The maximum Gasteiger partial charge on any atom is 0.331 e. The first-order valence-electron chi connectivity index (χ1n) is 3.08. The van der Waals surface area contributed by atoms with Crippen molar-refractivity contribution in [2.24, 2.45) is 0 Å². The molecule has 0 bridgehead atoms. The van der Waals surface area contributed by atoms with Crippen molar-refractivity contribution < 1.29 is 9.53 Å². The summed E-state index contributed by atoms with van der Waals surface area (Å²) in [6, 6.07) is 0. The van der Waals surface area contributed by atoms with Crippen LogP contribution < -0.4 is 0 Å². The van der Waals surface area contributed by atoms with Gasteiger partial charge in [0.2, 0.25) is 0 Å². The molecule has 4 heteroatoms. The maximum atomic E-state index is 10.5. The molecule has 11 heavy (non-hydrogen) atoms. The van der Waals surface area contributed by atoms with Crippen LogP contribution in [0.5, 0.6) is 0 Å². The summed E-state index contributed by atoms with van der Waals surface area (Å²) in [5, 5.41) is 0. The zero-order valence-electron chi connectivity index (χ0n) is 5.93. The van der Waals surface area contributed by atoms with Crippen LogP contribution in [0.4, 0.5) is 0 Å². The van der Waals surface area contributed by atoms with Crippen LogP contribution in [0.3, 0.4) is 0 Å². The van der Waals surface area contributed by atoms with Crippen molar-refractivity contribution in [2.75, 3.05) is 0 Å². The number of hydrogen-bond donors (Lipinski definition) is 0. The van der Waals surface area contributed by atoms with E-state index in [1.807, 2.05) is 0 Å². The normalized spacial score (nSPS) is 9.09. The Bertz CT molecular complexity index is 241. The van der Waals surface area contributed by atoms with Crippen LogP contribution in [0.1, 0.15) is 0 Å². The quantitative estimate of drug-likeness (QED) is 0.469. The third-order valence-corrected chi connectivity index (χ3v) is 1.08. The van der Waals surface area contributed by atoms with Gasteiger partial charge in [-0.15, -0.1) is 0 Å². The monoisotopic (exact) mass is 152 g/mol. The Kier molecular flexibility index (Phi) is 2.43. The van der Waals surface area contributed by atoms with Gasteiger partial charge < -0.3 is 9.30 Å². The van der Waals surface area contributed by atoms with Crippen molar-refractivity contribution in [3.8, 4) is 0 Å². The highest BCUT2D eigenvalue weighted by Gasteiger charge is 1.93. The molecule has 0 spiro atoms. The van der Waals surface area contributed by atoms with Crippen molar-refractivity contribution in [3.63, 3.8) is 0 Å². The van der Waals surface area contributed by atoms with Crippen LogP contribution in [0.15, 0.2) is 31.4 Å². The predicted octanol–water partition coefficient (Wildman–Crippen LogP) is 0.570. The fourth-order valence-electron chi connectivity index (χ4n) is 0.560. The van der Waals surface area contributed by atoms with Crippen molar-refractivity contribution >= 4 is 5.97 Å². The van der Waals surface area contributed by atoms with Gasteiger partial charge in [-0.2, -0.15) is 0 Å². The van der Waals surface area contributed by atoms with Gasteiger partial charge in [-0.05, 0) is 0 Å². The maximum absolute atomic E-state index is 10.5. The average molecular weight is 152 g/mol. The SMILES string of the molecule is C=CC(=O)OCn1ccnc1. The van der Waals surface area contributed by atoms with Gasteiger partial charge in [-0.25, -0.2) is 9.78 Å². The fraction of sp³-hybridized carbons (Fsp3) is 0.143. The van der Waals surface area contributed by atoms with E-state index in [0.717, 1.165) is 6.08 Å². The third-order valence-electron chi connectivity index (χ3n) is 1.08. The summed E-state index contributed by atoms with van der Waals surface area (Å²) in [6.07, 6.45) is 6.01. The molecule has 0 aliphatic rings. The summed E-state index contributed by atoms with van der Waals surface area (Å²) in [6.45, 7) is 3.45. The average Bonchev–Trinajstić information content (AvgIpc) is 2.52. The number of imidazole rings is 1. The molecule has 0 aliphatic heterocycles. The van der Waals surface area contributed by atoms with E-state index in [9.17, 15) is 4.79 Å². The van der Waals surface area contributed by atoms with Crippen LogP contribution in [0.25, 0.3) is 0 Å². The Balaban J connectivity index is 2.34. The van der Waals surface area contributed by atoms with Gasteiger partial charge in [0.15, 0.2) is 6.73 Å². The number of hydrogen-bond acceptors (Lipinski definition) is 3. The van der Waals surface area contributed by atoms with Gasteiger partial charge in [0.1, 0.15) is 0 Å². The number of carbonyl (C=O) groups excluding carboxylic acids is 1. The summed E-state index contributed by atoms with van der Waals surface area (Å²) >= 11 is 0. The molecule has 1 rings (SSSR count). The molecule has 0 aliphatic carbocycles. The molecule has 0 unspecified atom stereocenters. The highest BCUT2D eigenvalue weighted by molar-refractivity contribution is 5.80. The van der Waals surface area contributed by atoms with Crippen LogP contribution >= 0.6 is 0 Å². The summed E-state index contributed by atoms with van der Waals surface area (Å²) in [7, 11) is 0. The van der Waals surface area contributed by atoms with E-state index in [-0.39, 0.29) is 6.73 Å². The Hall–Kier alpha value is -1.58. The standard InChI is InChI=1S/C7H8N2O2/c1-2-7(10)11-6-9-4-3-8-5-9/h2-5H,1,6H2. The highest BCUT2D eigenvalue weighted by atomic mass is 16.5. The Labute approximate surface area is 64.1 Å². The van der Waals surface area contributed by atoms with Gasteiger partial charge in [0.05, 0.1) is 6.33 Å². The summed E-state index contributed by atoms with van der Waals surface area (Å²) < 4.78 is 6.34. The lowest BCUT2D eigenvalue weighted by Crippen LogP contribution is -2.04. The Morgan fingerprint density at radius 1 is 1.82 bits per heavy atom. The third kappa shape index (κ3) is 2.25. The van der Waals surface area contributed by atoms with Crippen LogP contribution in [-0.2, 0) is 16.3 Å². The molecule has 0 amide bonds. The number of carbonyl (C=O) groups is 1. The molecule has 0 aromatic carbocycles. The number of rotatable bonds is 3. The smallest absolute Gasteiger partial charge is 0.331 e. The molecule has 0 radical (unpaired) electrons. The summed E-state index contributed by atoms with van der Waals surface area (Å²) in [5.74, 6) is -0.432. The van der Waals surface area contributed by atoms with Crippen LogP contribution in [0.2, 0.25) is 0 Å². The number of ether oxygens (including phenoxy) is 1. The van der Waals surface area contributed by atoms with Crippen molar-refractivity contribution in [2.45, 2.75) is 6.73 Å². The lowest BCUT2D eigenvalue weighted by Gasteiger charge is -2.00. The molecule has 4 nitrogen and oxygen atoms in total. The molecule has 0 atom stereocenters. The minimum Gasteiger partial charge on any atom is -0.441 e. The van der Waals surface area contributed by atoms with Crippen LogP contribution in [-0.4, -0.2) is 15.5 Å². The van der Waals surface area contributed by atoms with E-state index in [4.69, 9.17) is 4.74 Å². The first kappa shape index (κ1) is 7.53. The van der Waals surface area contributed by atoms with Gasteiger partial charge in [-0.3, -0.25) is 0 Å². The largest absolute Gasteiger partial charge is 0.441 e. The zero-order chi connectivity index (χ0) is 8.10. The predicted molar refractivity (Wildman–Crippen MR) is 38.5 cm³/mol. The Morgan fingerprint density at radius 3 is 3.18 bits per heavy atom. The topological polar surface area (TPSA) is 44.1 Å². The zero-order valence-corrected chi connectivity index (χ0v) is 5.93. The van der Waals surface area contributed by atoms with Crippen molar-refractivity contribution in [1.29, 1.82) is 0 Å². The fourth-order valence-corrected chi connectivity index (χ4v) is 0.560. The molecule has 0 saturated carbocycles. The lowest BCUT2D eigenvalue weighted by molar-refractivity contribution is -0.141.